The lowest BCUT2D eigenvalue weighted by atomic mass is 10.3. The molecule has 1 heterocycles. The van der Waals surface area contributed by atoms with Gasteiger partial charge in [0.1, 0.15) is 7.05 Å². The summed E-state index contributed by atoms with van der Waals surface area (Å²) in [6.07, 6.45) is 0.543. The monoisotopic (exact) mass is 301 g/mol. The normalized spacial score (nSPS) is 14.7. The number of amidine groups is 1. The number of amides is 2. The van der Waals surface area contributed by atoms with Crippen molar-refractivity contribution in [3.05, 3.63) is 0 Å². The Hall–Kier alpha value is -1.81. The van der Waals surface area contributed by atoms with Crippen LogP contribution in [0.1, 0.15) is 12.8 Å². The highest BCUT2D eigenvalue weighted by Crippen LogP contribution is 2.13. The number of halogens is 4. The first-order chi connectivity index (χ1) is 8.99. The molecule has 0 unspecified atom stereocenters. The molecule has 2 amide bonds. The first-order valence-electron chi connectivity index (χ1n) is 5.54. The molecule has 11 heteroatoms. The van der Waals surface area contributed by atoms with Crippen LogP contribution in [0.25, 0.3) is 0 Å². The average molecular weight is 301 g/mol. The maximum absolute atomic E-state index is 11.4. The minimum atomic E-state index is -6.00. The number of carbonyl (C=O) groups excluding carboxylic acids is 2. The van der Waals surface area contributed by atoms with Gasteiger partial charge in [0.2, 0.25) is 0 Å². The van der Waals surface area contributed by atoms with Gasteiger partial charge in [0.15, 0.2) is 0 Å². The molecule has 6 nitrogen and oxygen atoms in total. The quantitative estimate of drug-likeness (QED) is 0.177. The van der Waals surface area contributed by atoms with Crippen molar-refractivity contribution in [3.63, 3.8) is 0 Å². The van der Waals surface area contributed by atoms with E-state index in [0.717, 1.165) is 5.01 Å². The van der Waals surface area contributed by atoms with E-state index in [1.807, 2.05) is 0 Å². The molecule has 0 aliphatic carbocycles. The van der Waals surface area contributed by atoms with Crippen molar-refractivity contribution in [2.24, 2.45) is 0 Å². The van der Waals surface area contributed by atoms with Crippen molar-refractivity contribution < 1.29 is 36.2 Å². The summed E-state index contributed by atoms with van der Waals surface area (Å²) >= 11 is 0. The second-order valence-corrected chi connectivity index (χ2v) is 4.00. The van der Waals surface area contributed by atoms with E-state index in [0.29, 0.717) is 6.02 Å². The number of rotatable bonds is 1. The van der Waals surface area contributed by atoms with Crippen molar-refractivity contribution in [1.29, 1.82) is 0 Å². The van der Waals surface area contributed by atoms with Gasteiger partial charge in [-0.25, -0.2) is 4.58 Å². The molecule has 20 heavy (non-hydrogen) atoms. The maximum Gasteiger partial charge on any atom is 0.673 e. The van der Waals surface area contributed by atoms with Gasteiger partial charge in [-0.3, -0.25) is 9.59 Å². The van der Waals surface area contributed by atoms with Crippen LogP contribution < -0.4 is 0 Å². The minimum absolute atomic E-state index is 0.195. The van der Waals surface area contributed by atoms with E-state index in [2.05, 4.69) is 0 Å². The number of nitrogens with zero attached hydrogens (tertiary/aromatic N) is 3. The first kappa shape index (κ1) is 18.2. The molecule has 0 atom stereocenters. The highest BCUT2D eigenvalue weighted by Gasteiger charge is 2.39. The third-order valence-corrected chi connectivity index (χ3v) is 2.17. The van der Waals surface area contributed by atoms with Crippen LogP contribution in [0.3, 0.4) is 0 Å². The van der Waals surface area contributed by atoms with E-state index in [4.69, 9.17) is 4.74 Å². The lowest BCUT2D eigenvalue weighted by Gasteiger charge is -2.20. The van der Waals surface area contributed by atoms with Gasteiger partial charge in [0.25, 0.3) is 11.8 Å². The molecule has 1 aliphatic rings. The molecule has 0 spiro atoms. The Morgan fingerprint density at radius 1 is 1.20 bits per heavy atom. The molecule has 0 radical (unpaired) electrons. The van der Waals surface area contributed by atoms with Crippen LogP contribution in [0.4, 0.5) is 17.3 Å². The van der Waals surface area contributed by atoms with E-state index in [1.54, 1.807) is 25.7 Å². The van der Waals surface area contributed by atoms with E-state index in [-0.39, 0.29) is 24.7 Å². The van der Waals surface area contributed by atoms with E-state index >= 15 is 0 Å². The lowest BCUT2D eigenvalue weighted by molar-refractivity contribution is -0.482. The van der Waals surface area contributed by atoms with Gasteiger partial charge in [-0.15, -0.1) is 10.0 Å². The average Bonchev–Trinajstić information content (AvgIpc) is 2.56. The fourth-order valence-corrected chi connectivity index (χ4v) is 1.59. The smallest absolute Gasteiger partial charge is 0.433 e. The number of hydrazine groups is 1. The van der Waals surface area contributed by atoms with Gasteiger partial charge >= 0.3 is 13.3 Å². The predicted octanol–water partition coefficient (Wildman–Crippen LogP) is 0.557. The van der Waals surface area contributed by atoms with Gasteiger partial charge in [0, 0.05) is 12.8 Å². The van der Waals surface area contributed by atoms with Crippen LogP contribution in [0, 0.1) is 0 Å². The molecule has 0 aromatic carbocycles. The fraction of sp³-hybridized carbons (Fsp3) is 0.667. The van der Waals surface area contributed by atoms with Crippen LogP contribution in [0.15, 0.2) is 0 Å². The summed E-state index contributed by atoms with van der Waals surface area (Å²) in [6.45, 7) is 0. The van der Waals surface area contributed by atoms with E-state index in [9.17, 15) is 26.9 Å². The molecule has 0 aromatic rings. The van der Waals surface area contributed by atoms with Gasteiger partial charge in [-0.1, -0.05) is 0 Å². The molecule has 0 bridgehead atoms. The molecule has 1 aliphatic heterocycles. The summed E-state index contributed by atoms with van der Waals surface area (Å²) in [7, 11) is 0.678. The van der Waals surface area contributed by atoms with Crippen molar-refractivity contribution in [2.75, 3.05) is 28.3 Å². The van der Waals surface area contributed by atoms with Gasteiger partial charge in [-0.2, -0.15) is 0 Å². The Balaban J connectivity index is 0.000000621. The number of imide groups is 1. The second kappa shape index (κ2) is 7.10. The zero-order valence-corrected chi connectivity index (χ0v) is 11.6. The second-order valence-electron chi connectivity index (χ2n) is 4.00. The summed E-state index contributed by atoms with van der Waals surface area (Å²) in [5.74, 6) is -0.391. The highest BCUT2D eigenvalue weighted by molar-refractivity contribution is 6.50. The molecule has 1 saturated heterocycles. The molecule has 0 N–H and O–H groups in total. The number of ether oxygens (including phenoxy) is 1. The Kier molecular flexibility index (Phi) is 6.46. The standard InChI is InChI=1S/C9H16N3O3.BF4/c1-10(2)9(15-4)11(3)12-7(13)5-6-8(12)14;2-1(3,4)5/h5-6H2,1-4H3;/q+1;-1. The number of methoxy groups -OCH3 is 1. The molecular formula is C9H16BF4N3O3. The Morgan fingerprint density at radius 3 is 1.80 bits per heavy atom. The Labute approximate surface area is 113 Å². The zero-order valence-electron chi connectivity index (χ0n) is 11.6. The van der Waals surface area contributed by atoms with Crippen LogP contribution in [0.2, 0.25) is 0 Å². The molecule has 0 aromatic heterocycles. The summed E-state index contributed by atoms with van der Waals surface area (Å²) in [4.78, 5) is 22.9. The third kappa shape index (κ3) is 5.89. The van der Waals surface area contributed by atoms with Crippen molar-refractivity contribution in [2.45, 2.75) is 12.8 Å². The third-order valence-electron chi connectivity index (χ3n) is 2.17. The molecule has 1 fully saturated rings. The van der Waals surface area contributed by atoms with Crippen LogP contribution in [-0.2, 0) is 14.3 Å². The summed E-state index contributed by atoms with van der Waals surface area (Å²) < 4.78 is 45.8. The predicted molar refractivity (Wildman–Crippen MR) is 63.2 cm³/mol. The molecule has 0 saturated carbocycles. The number of carbonyl (C=O) groups is 2. The number of hydrogen-bond acceptors (Lipinski definition) is 3. The SMILES string of the molecule is COC(N(C)N1C(=O)CCC1=O)=[N+](C)C.F[B-](F)(F)F. The minimum Gasteiger partial charge on any atom is -0.433 e. The van der Waals surface area contributed by atoms with Gasteiger partial charge < -0.3 is 22.0 Å². The molecule has 1 rings (SSSR count). The van der Waals surface area contributed by atoms with E-state index < -0.39 is 7.25 Å². The topological polar surface area (TPSA) is 52.9 Å². The summed E-state index contributed by atoms with van der Waals surface area (Å²) in [5, 5.41) is 2.54. The van der Waals surface area contributed by atoms with Gasteiger partial charge in [0.05, 0.1) is 21.2 Å². The maximum atomic E-state index is 11.4. The summed E-state index contributed by atoms with van der Waals surface area (Å²) in [6, 6.07) is 0.443. The van der Waals surface area contributed by atoms with Crippen LogP contribution in [-0.4, -0.2) is 67.9 Å². The highest BCUT2D eigenvalue weighted by atomic mass is 19.5. The van der Waals surface area contributed by atoms with Crippen LogP contribution >= 0.6 is 0 Å². The molecule has 116 valence electrons. The van der Waals surface area contributed by atoms with Crippen LogP contribution in [0.5, 0.6) is 0 Å². The van der Waals surface area contributed by atoms with Gasteiger partial charge in [-0.05, 0) is 0 Å². The zero-order chi connectivity index (χ0) is 16.1. The first-order valence-corrected chi connectivity index (χ1v) is 5.54. The molecular weight excluding hydrogens is 285 g/mol. The lowest BCUT2D eigenvalue weighted by Crippen LogP contribution is -2.49. The fourth-order valence-electron chi connectivity index (χ4n) is 1.59. The van der Waals surface area contributed by atoms with Crippen molar-refractivity contribution in [3.8, 4) is 0 Å². The van der Waals surface area contributed by atoms with Crippen molar-refractivity contribution in [1.82, 2.24) is 10.0 Å². The number of hydrogen-bond donors (Lipinski definition) is 0. The Bertz CT molecular complexity index is 388. The van der Waals surface area contributed by atoms with E-state index in [1.165, 1.54) is 12.1 Å². The Morgan fingerprint density at radius 2 is 1.55 bits per heavy atom. The van der Waals surface area contributed by atoms with Crippen molar-refractivity contribution >= 4 is 25.1 Å². The summed E-state index contributed by atoms with van der Waals surface area (Å²) in [5.41, 5.74) is 0. The largest absolute Gasteiger partial charge is 0.673 e.